The van der Waals surface area contributed by atoms with Gasteiger partial charge in [0.2, 0.25) is 0 Å². The van der Waals surface area contributed by atoms with E-state index in [-0.39, 0.29) is 4.90 Å². The lowest BCUT2D eigenvalue weighted by Crippen LogP contribution is -2.00. The van der Waals surface area contributed by atoms with E-state index in [2.05, 4.69) is 4.98 Å². The van der Waals surface area contributed by atoms with E-state index in [4.69, 9.17) is 10.5 Å². The standard InChI is InChI=1S/C12H14N2O3S2/c1-19(15,16)11-4-2-10(3-5-11)17-7-9-8-18-12(6-13)14-9/h2-5,8H,6-7,13H2,1H3. The molecule has 0 amide bonds. The van der Waals surface area contributed by atoms with Crippen molar-refractivity contribution in [1.29, 1.82) is 0 Å². The van der Waals surface area contributed by atoms with Crippen LogP contribution >= 0.6 is 11.3 Å². The molecule has 0 saturated heterocycles. The minimum Gasteiger partial charge on any atom is -0.487 e. The second-order valence-electron chi connectivity index (χ2n) is 3.97. The van der Waals surface area contributed by atoms with Gasteiger partial charge in [-0.25, -0.2) is 13.4 Å². The average Bonchev–Trinajstić information content (AvgIpc) is 2.84. The Morgan fingerprint density at radius 3 is 2.53 bits per heavy atom. The quantitative estimate of drug-likeness (QED) is 0.906. The Labute approximate surface area is 116 Å². The molecule has 0 aliphatic rings. The maximum atomic E-state index is 11.3. The highest BCUT2D eigenvalue weighted by Crippen LogP contribution is 2.17. The number of thiazole rings is 1. The van der Waals surface area contributed by atoms with Crippen molar-refractivity contribution in [2.24, 2.45) is 5.73 Å². The van der Waals surface area contributed by atoms with Crippen LogP contribution in [0.25, 0.3) is 0 Å². The largest absolute Gasteiger partial charge is 0.487 e. The summed E-state index contributed by atoms with van der Waals surface area (Å²) in [5.74, 6) is 0.606. The second-order valence-corrected chi connectivity index (χ2v) is 6.93. The highest BCUT2D eigenvalue weighted by molar-refractivity contribution is 7.90. The summed E-state index contributed by atoms with van der Waals surface area (Å²) in [7, 11) is -3.17. The highest BCUT2D eigenvalue weighted by Gasteiger charge is 2.07. The van der Waals surface area contributed by atoms with E-state index in [0.717, 1.165) is 10.7 Å². The van der Waals surface area contributed by atoms with Crippen molar-refractivity contribution in [2.45, 2.75) is 18.0 Å². The number of aromatic nitrogens is 1. The molecule has 7 heteroatoms. The first-order valence-electron chi connectivity index (χ1n) is 5.55. The molecule has 1 aromatic carbocycles. The Bertz CT molecular complexity index is 648. The lowest BCUT2D eigenvalue weighted by molar-refractivity contribution is 0.301. The molecular formula is C12H14N2O3S2. The molecule has 19 heavy (non-hydrogen) atoms. The minimum atomic E-state index is -3.17. The van der Waals surface area contributed by atoms with Crippen LogP contribution in [0.5, 0.6) is 5.75 Å². The number of rotatable bonds is 5. The first-order chi connectivity index (χ1) is 8.99. The van der Waals surface area contributed by atoms with Gasteiger partial charge in [0.05, 0.1) is 10.6 Å². The topological polar surface area (TPSA) is 82.3 Å². The third-order valence-corrected chi connectivity index (χ3v) is 4.46. The molecule has 102 valence electrons. The Kier molecular flexibility index (Phi) is 4.18. The van der Waals surface area contributed by atoms with Gasteiger partial charge in [0.25, 0.3) is 0 Å². The van der Waals surface area contributed by atoms with Crippen LogP contribution in [-0.2, 0) is 23.0 Å². The summed E-state index contributed by atoms with van der Waals surface area (Å²) in [6.07, 6.45) is 1.17. The highest BCUT2D eigenvalue weighted by atomic mass is 32.2. The second kappa shape index (κ2) is 5.68. The zero-order chi connectivity index (χ0) is 13.9. The average molecular weight is 298 g/mol. The number of nitrogens with zero attached hydrogens (tertiary/aromatic N) is 1. The lowest BCUT2D eigenvalue weighted by Gasteiger charge is -2.05. The van der Waals surface area contributed by atoms with Crippen molar-refractivity contribution < 1.29 is 13.2 Å². The van der Waals surface area contributed by atoms with Crippen LogP contribution < -0.4 is 10.5 Å². The molecule has 0 fully saturated rings. The molecular weight excluding hydrogens is 284 g/mol. The lowest BCUT2D eigenvalue weighted by atomic mass is 10.3. The van der Waals surface area contributed by atoms with Gasteiger partial charge in [0, 0.05) is 18.2 Å². The summed E-state index contributed by atoms with van der Waals surface area (Å²) in [6.45, 7) is 0.766. The zero-order valence-corrected chi connectivity index (χ0v) is 12.0. The first kappa shape index (κ1) is 14.0. The van der Waals surface area contributed by atoms with Crippen molar-refractivity contribution in [3.8, 4) is 5.75 Å². The van der Waals surface area contributed by atoms with E-state index in [1.807, 2.05) is 5.38 Å². The molecule has 1 aromatic heterocycles. The molecule has 0 aliphatic carbocycles. The van der Waals surface area contributed by atoms with Crippen LogP contribution in [0.2, 0.25) is 0 Å². The predicted molar refractivity (Wildman–Crippen MR) is 73.9 cm³/mol. The fraction of sp³-hybridized carbons (Fsp3) is 0.250. The van der Waals surface area contributed by atoms with Gasteiger partial charge < -0.3 is 10.5 Å². The molecule has 0 aliphatic heterocycles. The third-order valence-electron chi connectivity index (χ3n) is 2.41. The summed E-state index contributed by atoms with van der Waals surface area (Å²) < 4.78 is 28.1. The van der Waals surface area contributed by atoms with Gasteiger partial charge in [-0.05, 0) is 24.3 Å². The van der Waals surface area contributed by atoms with Crippen LogP contribution in [0.15, 0.2) is 34.5 Å². The van der Waals surface area contributed by atoms with Gasteiger partial charge in [-0.2, -0.15) is 0 Å². The van der Waals surface area contributed by atoms with Gasteiger partial charge in [-0.3, -0.25) is 0 Å². The van der Waals surface area contributed by atoms with E-state index in [9.17, 15) is 8.42 Å². The molecule has 1 heterocycles. The van der Waals surface area contributed by atoms with Gasteiger partial charge in [-0.1, -0.05) is 0 Å². The van der Waals surface area contributed by atoms with Crippen LogP contribution in [-0.4, -0.2) is 19.7 Å². The first-order valence-corrected chi connectivity index (χ1v) is 8.32. The summed E-state index contributed by atoms with van der Waals surface area (Å²) >= 11 is 1.50. The monoisotopic (exact) mass is 298 g/mol. The molecule has 0 saturated carbocycles. The number of hydrogen-bond donors (Lipinski definition) is 1. The zero-order valence-electron chi connectivity index (χ0n) is 10.4. The normalized spacial score (nSPS) is 11.5. The molecule has 2 rings (SSSR count). The van der Waals surface area contributed by atoms with Crippen molar-refractivity contribution in [2.75, 3.05) is 6.26 Å². The van der Waals surface area contributed by atoms with E-state index >= 15 is 0 Å². The maximum Gasteiger partial charge on any atom is 0.175 e. The van der Waals surface area contributed by atoms with Crippen LogP contribution in [0.3, 0.4) is 0 Å². The molecule has 0 radical (unpaired) electrons. The number of sulfone groups is 1. The Morgan fingerprint density at radius 1 is 1.32 bits per heavy atom. The number of nitrogens with two attached hydrogens (primary N) is 1. The molecule has 2 aromatic rings. The molecule has 0 unspecified atom stereocenters. The van der Waals surface area contributed by atoms with Crippen LogP contribution in [0, 0.1) is 0 Å². The van der Waals surface area contributed by atoms with Crippen molar-refractivity contribution in [1.82, 2.24) is 4.98 Å². The smallest absolute Gasteiger partial charge is 0.175 e. The minimum absolute atomic E-state index is 0.277. The SMILES string of the molecule is CS(=O)(=O)c1ccc(OCc2csc(CN)n2)cc1. The number of ether oxygens (including phenoxy) is 1. The number of benzene rings is 1. The summed E-state index contributed by atoms with van der Waals surface area (Å²) in [6, 6.07) is 6.31. The van der Waals surface area contributed by atoms with Crippen molar-refractivity contribution in [3.05, 3.63) is 40.3 Å². The van der Waals surface area contributed by atoms with Gasteiger partial charge in [0.1, 0.15) is 17.4 Å². The Balaban J connectivity index is 2.00. The predicted octanol–water partition coefficient (Wildman–Crippen LogP) is 1.58. The molecule has 0 bridgehead atoms. The molecule has 2 N–H and O–H groups in total. The Morgan fingerprint density at radius 2 is 2.00 bits per heavy atom. The van der Waals surface area contributed by atoms with Gasteiger partial charge >= 0.3 is 0 Å². The molecule has 5 nitrogen and oxygen atoms in total. The van der Waals surface area contributed by atoms with Crippen molar-refractivity contribution in [3.63, 3.8) is 0 Å². The van der Waals surface area contributed by atoms with E-state index in [1.54, 1.807) is 12.1 Å². The number of hydrogen-bond acceptors (Lipinski definition) is 6. The molecule has 0 spiro atoms. The molecule has 0 atom stereocenters. The fourth-order valence-electron chi connectivity index (χ4n) is 1.45. The van der Waals surface area contributed by atoms with Crippen molar-refractivity contribution >= 4 is 21.2 Å². The van der Waals surface area contributed by atoms with Crippen LogP contribution in [0.1, 0.15) is 10.7 Å². The third kappa shape index (κ3) is 3.76. The van der Waals surface area contributed by atoms with E-state index in [0.29, 0.717) is 18.9 Å². The van der Waals surface area contributed by atoms with E-state index < -0.39 is 9.84 Å². The maximum absolute atomic E-state index is 11.3. The van der Waals surface area contributed by atoms with Crippen LogP contribution in [0.4, 0.5) is 0 Å². The summed E-state index contributed by atoms with van der Waals surface area (Å²) in [4.78, 5) is 4.55. The van der Waals surface area contributed by atoms with E-state index in [1.165, 1.54) is 29.7 Å². The van der Waals surface area contributed by atoms with Gasteiger partial charge in [0.15, 0.2) is 9.84 Å². The summed E-state index contributed by atoms with van der Waals surface area (Å²) in [5.41, 5.74) is 6.30. The Hall–Kier alpha value is -1.44. The summed E-state index contributed by atoms with van der Waals surface area (Å²) in [5, 5.41) is 2.76. The fourth-order valence-corrected chi connectivity index (χ4v) is 2.74. The van der Waals surface area contributed by atoms with Gasteiger partial charge in [-0.15, -0.1) is 11.3 Å².